The van der Waals surface area contributed by atoms with E-state index in [1.807, 2.05) is 0 Å². The quantitative estimate of drug-likeness (QED) is 0.147. The van der Waals surface area contributed by atoms with Gasteiger partial charge in [0, 0.05) is 17.8 Å². The van der Waals surface area contributed by atoms with E-state index in [4.69, 9.17) is 14.2 Å². The molecule has 3 rings (SSSR count). The number of nitrogens with one attached hydrogen (secondary N) is 2. The average Bonchev–Trinajstić information content (AvgIpc) is 2.83. The number of quaternary nitrogens is 1. The minimum atomic E-state index is -1.82. The van der Waals surface area contributed by atoms with Crippen molar-refractivity contribution in [1.29, 1.82) is 0 Å². The molecule has 1 unspecified atom stereocenters. The van der Waals surface area contributed by atoms with Crippen LogP contribution in [-0.4, -0.2) is 127 Å². The fourth-order valence-electron chi connectivity index (χ4n) is 3.83. The maximum Gasteiger partial charge on any atom is 0.335 e. The van der Waals surface area contributed by atoms with Crippen LogP contribution in [0.15, 0.2) is 18.2 Å². The maximum atomic E-state index is 11.3. The molecule has 2 saturated heterocycles. The second-order valence-corrected chi connectivity index (χ2v) is 8.11. The van der Waals surface area contributed by atoms with E-state index >= 15 is 0 Å². The lowest BCUT2D eigenvalue weighted by atomic mass is 9.96. The molecule has 11 N–H and O–H groups in total. The Kier molecular flexibility index (Phi) is 8.94. The topological polar surface area (TPSA) is 266 Å². The molecular formula is C19H28N2O14. The van der Waals surface area contributed by atoms with Crippen LogP contribution >= 0.6 is 0 Å². The van der Waals surface area contributed by atoms with Gasteiger partial charge in [-0.3, -0.25) is 0 Å². The van der Waals surface area contributed by atoms with Gasteiger partial charge in [0.05, 0.1) is 18.8 Å². The van der Waals surface area contributed by atoms with E-state index in [-0.39, 0.29) is 16.9 Å². The van der Waals surface area contributed by atoms with Gasteiger partial charge in [0.25, 0.3) is 0 Å². The molecule has 11 atom stereocenters. The van der Waals surface area contributed by atoms with Crippen molar-refractivity contribution in [3.05, 3.63) is 29.0 Å². The first kappa shape index (κ1) is 27.6. The van der Waals surface area contributed by atoms with Crippen LogP contribution < -0.4 is 10.5 Å². The molecule has 0 amide bonds. The molecule has 0 aromatic heterocycles. The number of rotatable bonds is 8. The first-order valence-corrected chi connectivity index (χ1v) is 10.4. The summed E-state index contributed by atoms with van der Waals surface area (Å²) in [6.45, 7) is -1.51. The number of carbonyl (C=O) groups is 1. The molecule has 198 valence electrons. The average molecular weight is 508 g/mol. The predicted octanol–water partition coefficient (Wildman–Crippen LogP) is -5.18. The molecule has 16 nitrogen and oxygen atoms in total. The largest absolute Gasteiger partial charge is 0.595 e. The predicted molar refractivity (Wildman–Crippen MR) is 109 cm³/mol. The fourth-order valence-corrected chi connectivity index (χ4v) is 3.83. The molecule has 0 bridgehead atoms. The second-order valence-electron chi connectivity index (χ2n) is 8.11. The van der Waals surface area contributed by atoms with Gasteiger partial charge < -0.3 is 65.6 Å². The van der Waals surface area contributed by atoms with Gasteiger partial charge >= 0.3 is 5.97 Å². The van der Waals surface area contributed by atoms with Crippen LogP contribution in [0.2, 0.25) is 0 Å². The summed E-state index contributed by atoms with van der Waals surface area (Å²) in [6, 6.07) is 3.06. The molecule has 2 fully saturated rings. The van der Waals surface area contributed by atoms with Crippen LogP contribution in [0.3, 0.4) is 0 Å². The normalized spacial score (nSPS) is 38.7. The Hall–Kier alpha value is -2.03. The van der Waals surface area contributed by atoms with E-state index in [1.54, 1.807) is 0 Å². The number of benzene rings is 1. The molecule has 16 heteroatoms. The Labute approximate surface area is 197 Å². The van der Waals surface area contributed by atoms with Gasteiger partial charge in [-0.25, -0.2) is 10.0 Å². The molecular weight excluding hydrogens is 480 g/mol. The zero-order valence-electron chi connectivity index (χ0n) is 18.0. The van der Waals surface area contributed by atoms with Gasteiger partial charge in [-0.05, 0) is 6.07 Å². The lowest BCUT2D eigenvalue weighted by molar-refractivity contribution is -0.991. The Bertz CT molecular complexity index is 870. The van der Waals surface area contributed by atoms with Crippen LogP contribution in [-0.2, 0) is 14.2 Å². The van der Waals surface area contributed by atoms with Crippen LogP contribution in [0.25, 0.3) is 0 Å². The standard InChI is InChI=1S/C19H28N2O14/c22-4-9-11(24)12(25)15(28)19(34-9)35-16-10(5-23)33-17(14(27)13(16)26)20-7-1-6(18(29)30)2-8(3-7)21(31)32/h1-3,9-17,19-28,31H,4-5H2,(H,29,30)/t9-,10-,11+,12+,13-,14+,15+,16+,17+,19-/m0/s1. The van der Waals surface area contributed by atoms with E-state index < -0.39 is 85.8 Å². The Morgan fingerprint density at radius 1 is 0.943 bits per heavy atom. The number of ether oxygens (including phenoxy) is 3. The number of aliphatic hydroxyl groups excluding tert-OH is 7. The molecule has 2 aliphatic rings. The molecule has 0 radical (unpaired) electrons. The molecule has 2 aliphatic heterocycles. The lowest BCUT2D eigenvalue weighted by Crippen LogP contribution is -2.99. The number of aliphatic hydroxyl groups is 7. The van der Waals surface area contributed by atoms with Crippen molar-refractivity contribution in [2.24, 2.45) is 0 Å². The molecule has 0 aliphatic carbocycles. The number of carboxylic acid groups (broad SMARTS) is 1. The fraction of sp³-hybridized carbons (Fsp3) is 0.632. The summed E-state index contributed by atoms with van der Waals surface area (Å²) in [5.74, 6) is -1.41. The van der Waals surface area contributed by atoms with Gasteiger partial charge in [-0.1, -0.05) is 0 Å². The minimum absolute atomic E-state index is 0.0801. The van der Waals surface area contributed by atoms with Gasteiger partial charge in [0.2, 0.25) is 0 Å². The van der Waals surface area contributed by atoms with Crippen LogP contribution in [0, 0.1) is 5.21 Å². The van der Waals surface area contributed by atoms with Crippen LogP contribution in [0.4, 0.5) is 11.4 Å². The van der Waals surface area contributed by atoms with Gasteiger partial charge in [-0.2, -0.15) is 5.23 Å². The SMILES string of the molecule is O=C(O)c1cc(N[C@@H]2O[C@@H](CO)[C@@H](O[C@@H]3O[C@@H](CO)[C@@H](O)[C@@H](O)[C@H]3O)[C@@H](O)[C@H]2O)cc([NH+]([O-])O)c1. The molecule has 35 heavy (non-hydrogen) atoms. The van der Waals surface area contributed by atoms with Crippen molar-refractivity contribution < 1.29 is 70.3 Å². The number of hydrogen-bond acceptors (Lipinski definition) is 14. The summed E-state index contributed by atoms with van der Waals surface area (Å²) in [5.41, 5.74) is -0.829. The summed E-state index contributed by atoms with van der Waals surface area (Å²) in [4.78, 5) is 11.3. The Morgan fingerprint density at radius 3 is 2.17 bits per heavy atom. The summed E-state index contributed by atoms with van der Waals surface area (Å²) in [6.07, 6.45) is -16.2. The Balaban J connectivity index is 1.77. The molecule has 2 heterocycles. The zero-order chi connectivity index (χ0) is 26.0. The molecule has 1 aromatic rings. The van der Waals surface area contributed by atoms with Gasteiger partial charge in [-0.15, -0.1) is 0 Å². The van der Waals surface area contributed by atoms with Gasteiger partial charge in [0.1, 0.15) is 48.8 Å². The number of carboxylic acids is 1. The molecule has 0 saturated carbocycles. The van der Waals surface area contributed by atoms with E-state index in [9.17, 15) is 56.1 Å². The van der Waals surface area contributed by atoms with Crippen molar-refractivity contribution >= 4 is 17.3 Å². The maximum absolute atomic E-state index is 11.3. The molecule has 0 spiro atoms. The zero-order valence-corrected chi connectivity index (χ0v) is 18.0. The smallest absolute Gasteiger partial charge is 0.335 e. The van der Waals surface area contributed by atoms with Crippen LogP contribution in [0.5, 0.6) is 0 Å². The summed E-state index contributed by atoms with van der Waals surface area (Å²) < 4.78 is 16.2. The van der Waals surface area contributed by atoms with Crippen molar-refractivity contribution in [3.8, 4) is 0 Å². The lowest BCUT2D eigenvalue weighted by Gasteiger charge is -2.46. The number of aromatic carboxylic acids is 1. The van der Waals surface area contributed by atoms with E-state index in [1.165, 1.54) is 0 Å². The summed E-state index contributed by atoms with van der Waals surface area (Å²) in [5, 5.41) is 101. The summed E-state index contributed by atoms with van der Waals surface area (Å²) >= 11 is 0. The monoisotopic (exact) mass is 508 g/mol. The van der Waals surface area contributed by atoms with Crippen molar-refractivity contribution in [2.45, 2.75) is 61.3 Å². The van der Waals surface area contributed by atoms with E-state index in [2.05, 4.69) is 5.32 Å². The highest BCUT2D eigenvalue weighted by atomic mass is 16.8. The Morgan fingerprint density at radius 2 is 1.60 bits per heavy atom. The second kappa shape index (κ2) is 11.4. The highest BCUT2D eigenvalue weighted by Crippen LogP contribution is 2.30. The van der Waals surface area contributed by atoms with Gasteiger partial charge in [0.15, 0.2) is 18.2 Å². The van der Waals surface area contributed by atoms with E-state index in [0.717, 1.165) is 18.2 Å². The van der Waals surface area contributed by atoms with E-state index in [0.29, 0.717) is 0 Å². The third-order valence-corrected chi connectivity index (χ3v) is 5.74. The number of anilines is 1. The first-order chi connectivity index (χ1) is 16.5. The van der Waals surface area contributed by atoms with Crippen molar-refractivity contribution in [2.75, 3.05) is 18.5 Å². The highest BCUT2D eigenvalue weighted by molar-refractivity contribution is 5.90. The molecule has 1 aromatic carbocycles. The number of hydrogen-bond donors (Lipinski definition) is 11. The first-order valence-electron chi connectivity index (χ1n) is 10.4. The summed E-state index contributed by atoms with van der Waals surface area (Å²) in [7, 11) is 0. The third-order valence-electron chi connectivity index (χ3n) is 5.74. The minimum Gasteiger partial charge on any atom is -0.595 e. The third kappa shape index (κ3) is 5.87. The van der Waals surface area contributed by atoms with Crippen molar-refractivity contribution in [3.63, 3.8) is 0 Å². The highest BCUT2D eigenvalue weighted by Gasteiger charge is 2.50. The van der Waals surface area contributed by atoms with Crippen molar-refractivity contribution in [1.82, 2.24) is 0 Å². The van der Waals surface area contributed by atoms with Crippen LogP contribution in [0.1, 0.15) is 10.4 Å².